The molecule has 23 heavy (non-hydrogen) atoms. The first-order valence-electron chi connectivity index (χ1n) is 8.04. The SMILES string of the molecule is FC(F)(F)c1ccc([C@@H]2CN3CCC[C@@H]3c3ccccc32)cc1. The lowest BCUT2D eigenvalue weighted by Crippen LogP contribution is -2.34. The molecular formula is C19H18F3N. The molecule has 2 atom stereocenters. The van der Waals surface area contributed by atoms with E-state index in [0.29, 0.717) is 6.04 Å². The number of nitrogens with zero attached hydrogens (tertiary/aromatic N) is 1. The molecule has 1 saturated heterocycles. The maximum Gasteiger partial charge on any atom is 0.416 e. The zero-order valence-electron chi connectivity index (χ0n) is 12.7. The molecular weight excluding hydrogens is 299 g/mol. The van der Waals surface area contributed by atoms with Crippen LogP contribution < -0.4 is 0 Å². The van der Waals surface area contributed by atoms with Gasteiger partial charge in [0, 0.05) is 18.5 Å². The van der Waals surface area contributed by atoms with Gasteiger partial charge in [0.05, 0.1) is 5.56 Å². The van der Waals surface area contributed by atoms with Crippen molar-refractivity contribution < 1.29 is 13.2 Å². The van der Waals surface area contributed by atoms with E-state index in [4.69, 9.17) is 0 Å². The van der Waals surface area contributed by atoms with Crippen molar-refractivity contribution >= 4 is 0 Å². The van der Waals surface area contributed by atoms with Crippen LogP contribution in [0.1, 0.15) is 47.1 Å². The number of alkyl halides is 3. The third kappa shape index (κ3) is 2.55. The Morgan fingerprint density at radius 1 is 0.913 bits per heavy atom. The summed E-state index contributed by atoms with van der Waals surface area (Å²) in [7, 11) is 0. The second-order valence-electron chi connectivity index (χ2n) is 6.45. The predicted molar refractivity (Wildman–Crippen MR) is 83.3 cm³/mol. The lowest BCUT2D eigenvalue weighted by molar-refractivity contribution is -0.137. The average Bonchev–Trinajstić information content (AvgIpc) is 3.02. The van der Waals surface area contributed by atoms with Gasteiger partial charge in [-0.2, -0.15) is 13.2 Å². The lowest BCUT2D eigenvalue weighted by atomic mass is 9.81. The highest BCUT2D eigenvalue weighted by Crippen LogP contribution is 2.44. The topological polar surface area (TPSA) is 3.24 Å². The summed E-state index contributed by atoms with van der Waals surface area (Å²) in [5.74, 6) is 0.155. The number of fused-ring (bicyclic) bond motifs is 3. The van der Waals surface area contributed by atoms with Gasteiger partial charge >= 0.3 is 6.18 Å². The lowest BCUT2D eigenvalue weighted by Gasteiger charge is -2.37. The molecule has 0 radical (unpaired) electrons. The molecule has 2 heterocycles. The van der Waals surface area contributed by atoms with Crippen LogP contribution in [0, 0.1) is 0 Å². The minimum Gasteiger partial charge on any atom is -0.295 e. The van der Waals surface area contributed by atoms with Crippen LogP contribution in [-0.4, -0.2) is 18.0 Å². The average molecular weight is 317 g/mol. The van der Waals surface area contributed by atoms with Gasteiger partial charge in [0.2, 0.25) is 0 Å². The molecule has 4 rings (SSSR count). The Morgan fingerprint density at radius 2 is 1.61 bits per heavy atom. The van der Waals surface area contributed by atoms with E-state index in [1.165, 1.54) is 36.1 Å². The Kier molecular flexibility index (Phi) is 3.45. The van der Waals surface area contributed by atoms with Crippen molar-refractivity contribution in [3.63, 3.8) is 0 Å². The molecule has 0 aliphatic carbocycles. The van der Waals surface area contributed by atoms with E-state index in [2.05, 4.69) is 23.1 Å². The van der Waals surface area contributed by atoms with E-state index in [0.717, 1.165) is 18.7 Å². The van der Waals surface area contributed by atoms with E-state index in [1.54, 1.807) is 12.1 Å². The van der Waals surface area contributed by atoms with Crippen molar-refractivity contribution in [3.05, 3.63) is 70.8 Å². The van der Waals surface area contributed by atoms with E-state index >= 15 is 0 Å². The van der Waals surface area contributed by atoms with E-state index in [1.807, 2.05) is 6.07 Å². The molecule has 0 bridgehead atoms. The van der Waals surface area contributed by atoms with Crippen LogP contribution >= 0.6 is 0 Å². The molecule has 120 valence electrons. The van der Waals surface area contributed by atoms with Gasteiger partial charge in [0.15, 0.2) is 0 Å². The van der Waals surface area contributed by atoms with Crippen LogP contribution in [0.4, 0.5) is 13.2 Å². The highest BCUT2D eigenvalue weighted by molar-refractivity contribution is 5.43. The minimum absolute atomic E-state index is 0.155. The van der Waals surface area contributed by atoms with Crippen molar-refractivity contribution in [2.45, 2.75) is 31.0 Å². The quantitative estimate of drug-likeness (QED) is 0.716. The normalized spacial score (nSPS) is 24.3. The summed E-state index contributed by atoms with van der Waals surface area (Å²) in [6.07, 6.45) is -1.90. The molecule has 0 aromatic heterocycles. The Balaban J connectivity index is 1.73. The monoisotopic (exact) mass is 317 g/mol. The molecule has 2 aliphatic rings. The first kappa shape index (κ1) is 14.8. The van der Waals surface area contributed by atoms with Gasteiger partial charge in [0.25, 0.3) is 0 Å². The summed E-state index contributed by atoms with van der Waals surface area (Å²) in [6.45, 7) is 1.98. The van der Waals surface area contributed by atoms with Crippen molar-refractivity contribution in [3.8, 4) is 0 Å². The van der Waals surface area contributed by atoms with E-state index in [-0.39, 0.29) is 5.92 Å². The second kappa shape index (κ2) is 5.38. The summed E-state index contributed by atoms with van der Waals surface area (Å²) in [6, 6.07) is 14.6. The molecule has 0 saturated carbocycles. The number of hydrogen-bond donors (Lipinski definition) is 0. The molecule has 1 fully saturated rings. The van der Waals surface area contributed by atoms with Gasteiger partial charge in [0.1, 0.15) is 0 Å². The Hall–Kier alpha value is -1.81. The summed E-state index contributed by atoms with van der Waals surface area (Å²) in [4.78, 5) is 2.48. The van der Waals surface area contributed by atoms with Gasteiger partial charge in [-0.3, -0.25) is 4.90 Å². The zero-order valence-corrected chi connectivity index (χ0v) is 12.7. The molecule has 0 unspecified atom stereocenters. The van der Waals surface area contributed by atoms with Crippen LogP contribution in [0.5, 0.6) is 0 Å². The van der Waals surface area contributed by atoms with Gasteiger partial charge < -0.3 is 0 Å². The van der Waals surface area contributed by atoms with Crippen LogP contribution in [0.15, 0.2) is 48.5 Å². The standard InChI is InChI=1S/C19H18F3N/c20-19(21,22)14-9-7-13(8-10-14)17-12-23-11-3-6-18(23)16-5-2-1-4-15(16)17/h1-2,4-5,7-10,17-18H,3,6,11-12H2/t17-,18+/m0/s1. The smallest absolute Gasteiger partial charge is 0.295 e. The van der Waals surface area contributed by atoms with Crippen LogP contribution in [0.3, 0.4) is 0 Å². The van der Waals surface area contributed by atoms with Crippen molar-refractivity contribution in [1.29, 1.82) is 0 Å². The van der Waals surface area contributed by atoms with Crippen LogP contribution in [0.25, 0.3) is 0 Å². The molecule has 0 spiro atoms. The molecule has 2 aliphatic heterocycles. The number of hydrogen-bond acceptors (Lipinski definition) is 1. The second-order valence-corrected chi connectivity index (χ2v) is 6.45. The number of rotatable bonds is 1. The van der Waals surface area contributed by atoms with Gasteiger partial charge in [-0.25, -0.2) is 0 Å². The largest absolute Gasteiger partial charge is 0.416 e. The highest BCUT2D eigenvalue weighted by Gasteiger charge is 2.36. The fourth-order valence-corrected chi connectivity index (χ4v) is 4.05. The summed E-state index contributed by atoms with van der Waals surface area (Å²) in [5, 5.41) is 0. The predicted octanol–water partition coefficient (Wildman–Crippen LogP) is 4.99. The summed E-state index contributed by atoms with van der Waals surface area (Å²) in [5.41, 5.74) is 3.01. The summed E-state index contributed by atoms with van der Waals surface area (Å²) < 4.78 is 38.3. The minimum atomic E-state index is -4.27. The van der Waals surface area contributed by atoms with Crippen LogP contribution in [0.2, 0.25) is 0 Å². The van der Waals surface area contributed by atoms with Gasteiger partial charge in [-0.05, 0) is 48.2 Å². The molecule has 4 heteroatoms. The maximum absolute atomic E-state index is 12.8. The molecule has 2 aromatic carbocycles. The molecule has 1 nitrogen and oxygen atoms in total. The molecule has 0 N–H and O–H groups in total. The Bertz CT molecular complexity index is 705. The Morgan fingerprint density at radius 3 is 2.30 bits per heavy atom. The van der Waals surface area contributed by atoms with Crippen LogP contribution in [-0.2, 0) is 6.18 Å². The highest BCUT2D eigenvalue weighted by atomic mass is 19.4. The Labute approximate surface area is 133 Å². The first-order valence-corrected chi connectivity index (χ1v) is 8.04. The molecule has 0 amide bonds. The van der Waals surface area contributed by atoms with Crippen molar-refractivity contribution in [1.82, 2.24) is 4.90 Å². The van der Waals surface area contributed by atoms with Gasteiger partial charge in [-0.1, -0.05) is 36.4 Å². The molecule has 2 aromatic rings. The van der Waals surface area contributed by atoms with E-state index < -0.39 is 11.7 Å². The fraction of sp³-hybridized carbons (Fsp3) is 0.368. The van der Waals surface area contributed by atoms with E-state index in [9.17, 15) is 13.2 Å². The zero-order chi connectivity index (χ0) is 16.0. The fourth-order valence-electron chi connectivity index (χ4n) is 4.05. The number of benzene rings is 2. The van der Waals surface area contributed by atoms with Gasteiger partial charge in [-0.15, -0.1) is 0 Å². The first-order chi connectivity index (χ1) is 11.0. The number of halogens is 3. The third-order valence-corrected chi connectivity index (χ3v) is 5.15. The maximum atomic E-state index is 12.8. The van der Waals surface area contributed by atoms with Crippen molar-refractivity contribution in [2.75, 3.05) is 13.1 Å². The van der Waals surface area contributed by atoms with Crippen molar-refractivity contribution in [2.24, 2.45) is 0 Å². The summed E-state index contributed by atoms with van der Waals surface area (Å²) >= 11 is 0. The third-order valence-electron chi connectivity index (χ3n) is 5.15.